The van der Waals surface area contributed by atoms with E-state index in [2.05, 4.69) is 38.6 Å². The van der Waals surface area contributed by atoms with Crippen molar-refractivity contribution in [2.24, 2.45) is 0 Å². The van der Waals surface area contributed by atoms with Crippen molar-refractivity contribution in [2.75, 3.05) is 25.0 Å². The van der Waals surface area contributed by atoms with E-state index in [1.54, 1.807) is 0 Å². The molecule has 3 rings (SSSR count). The fourth-order valence-corrected chi connectivity index (χ4v) is 2.50. The van der Waals surface area contributed by atoms with Crippen molar-refractivity contribution < 1.29 is 0 Å². The molecular formula is C15H21N5. The molecule has 3 N–H and O–H groups in total. The summed E-state index contributed by atoms with van der Waals surface area (Å²) < 4.78 is 0. The van der Waals surface area contributed by atoms with E-state index in [0.29, 0.717) is 5.95 Å². The molecule has 0 amide bonds. The van der Waals surface area contributed by atoms with Gasteiger partial charge in [-0.1, -0.05) is 19.4 Å². The normalized spacial score (nSPS) is 15.3. The van der Waals surface area contributed by atoms with Crippen LogP contribution in [0.4, 0.5) is 5.95 Å². The predicted molar refractivity (Wildman–Crippen MR) is 82.8 cm³/mol. The standard InChI is InChI=1S/C15H21N5/c1-2-3-6-17-15-19-10-13-12(9-18-14(13)20-15)11-4-7-16-8-5-11/h4,9-10,16H,2-3,5-8H2,1H3,(H2,17,18,19,20). The third kappa shape index (κ3) is 2.67. The molecule has 0 saturated carbocycles. The second-order valence-electron chi connectivity index (χ2n) is 5.12. The van der Waals surface area contributed by atoms with Gasteiger partial charge in [-0.05, 0) is 25.0 Å². The molecule has 0 spiro atoms. The van der Waals surface area contributed by atoms with Gasteiger partial charge in [0.25, 0.3) is 0 Å². The number of hydrogen-bond donors (Lipinski definition) is 3. The summed E-state index contributed by atoms with van der Waals surface area (Å²) in [4.78, 5) is 12.2. The summed E-state index contributed by atoms with van der Waals surface area (Å²) in [5, 5.41) is 7.70. The zero-order valence-electron chi connectivity index (χ0n) is 11.9. The van der Waals surface area contributed by atoms with Crippen molar-refractivity contribution in [3.63, 3.8) is 0 Å². The van der Waals surface area contributed by atoms with E-state index in [-0.39, 0.29) is 0 Å². The first-order chi connectivity index (χ1) is 9.88. The minimum atomic E-state index is 0.707. The molecule has 0 bridgehead atoms. The zero-order chi connectivity index (χ0) is 13.8. The third-order valence-electron chi connectivity index (χ3n) is 3.66. The van der Waals surface area contributed by atoms with Crippen LogP contribution in [-0.4, -0.2) is 34.6 Å². The molecule has 2 aromatic rings. The summed E-state index contributed by atoms with van der Waals surface area (Å²) in [6.07, 6.45) is 9.59. The number of nitrogens with zero attached hydrogens (tertiary/aromatic N) is 2. The second kappa shape index (κ2) is 6.05. The van der Waals surface area contributed by atoms with Gasteiger partial charge in [0.2, 0.25) is 5.95 Å². The summed E-state index contributed by atoms with van der Waals surface area (Å²) in [6, 6.07) is 0. The molecule has 1 aliphatic heterocycles. The molecule has 0 fully saturated rings. The van der Waals surface area contributed by atoms with Crippen molar-refractivity contribution in [1.82, 2.24) is 20.3 Å². The summed E-state index contributed by atoms with van der Waals surface area (Å²) in [7, 11) is 0. The van der Waals surface area contributed by atoms with Crippen LogP contribution in [-0.2, 0) is 0 Å². The smallest absolute Gasteiger partial charge is 0.224 e. The number of rotatable bonds is 5. The number of unbranched alkanes of at least 4 members (excludes halogenated alkanes) is 1. The van der Waals surface area contributed by atoms with Gasteiger partial charge in [-0.25, -0.2) is 4.98 Å². The van der Waals surface area contributed by atoms with E-state index in [0.717, 1.165) is 43.5 Å². The fraction of sp³-hybridized carbons (Fsp3) is 0.467. The summed E-state index contributed by atoms with van der Waals surface area (Å²) >= 11 is 0. The van der Waals surface area contributed by atoms with Crippen LogP contribution in [0.5, 0.6) is 0 Å². The lowest BCUT2D eigenvalue weighted by Gasteiger charge is -2.13. The van der Waals surface area contributed by atoms with Crippen LogP contribution in [0.15, 0.2) is 18.5 Å². The second-order valence-corrected chi connectivity index (χ2v) is 5.12. The molecule has 0 radical (unpaired) electrons. The van der Waals surface area contributed by atoms with Crippen LogP contribution in [0.25, 0.3) is 16.6 Å². The largest absolute Gasteiger partial charge is 0.354 e. The van der Waals surface area contributed by atoms with Gasteiger partial charge >= 0.3 is 0 Å². The molecule has 106 valence electrons. The molecular weight excluding hydrogens is 250 g/mol. The van der Waals surface area contributed by atoms with Crippen molar-refractivity contribution in [2.45, 2.75) is 26.2 Å². The minimum Gasteiger partial charge on any atom is -0.354 e. The van der Waals surface area contributed by atoms with Crippen LogP contribution in [0, 0.1) is 0 Å². The Bertz CT molecular complexity index is 614. The van der Waals surface area contributed by atoms with E-state index in [9.17, 15) is 0 Å². The first-order valence-corrected chi connectivity index (χ1v) is 7.36. The summed E-state index contributed by atoms with van der Waals surface area (Å²) in [5.74, 6) is 0.707. The van der Waals surface area contributed by atoms with Gasteiger partial charge in [-0.15, -0.1) is 0 Å². The fourth-order valence-electron chi connectivity index (χ4n) is 2.50. The highest BCUT2D eigenvalue weighted by molar-refractivity contribution is 5.90. The lowest BCUT2D eigenvalue weighted by molar-refractivity contribution is 0.739. The quantitative estimate of drug-likeness (QED) is 0.731. The summed E-state index contributed by atoms with van der Waals surface area (Å²) in [6.45, 7) is 5.08. The number of nitrogens with one attached hydrogen (secondary N) is 3. The molecule has 0 atom stereocenters. The maximum absolute atomic E-state index is 4.54. The molecule has 20 heavy (non-hydrogen) atoms. The van der Waals surface area contributed by atoms with Crippen molar-refractivity contribution >= 4 is 22.6 Å². The minimum absolute atomic E-state index is 0.707. The van der Waals surface area contributed by atoms with Gasteiger partial charge in [0.05, 0.1) is 0 Å². The molecule has 0 unspecified atom stereocenters. The van der Waals surface area contributed by atoms with Crippen molar-refractivity contribution in [1.29, 1.82) is 0 Å². The average Bonchev–Trinajstić information content (AvgIpc) is 2.91. The van der Waals surface area contributed by atoms with E-state index < -0.39 is 0 Å². The SMILES string of the molecule is CCCCNc1ncc2c(C3=CCNCC3)c[nH]c2n1. The first-order valence-electron chi connectivity index (χ1n) is 7.36. The highest BCUT2D eigenvalue weighted by Crippen LogP contribution is 2.27. The van der Waals surface area contributed by atoms with E-state index in [1.165, 1.54) is 17.6 Å². The van der Waals surface area contributed by atoms with Crippen LogP contribution < -0.4 is 10.6 Å². The van der Waals surface area contributed by atoms with Gasteiger partial charge in [0, 0.05) is 36.4 Å². The van der Waals surface area contributed by atoms with Gasteiger partial charge in [-0.3, -0.25) is 0 Å². The number of aromatic nitrogens is 3. The average molecular weight is 271 g/mol. The molecule has 0 aliphatic carbocycles. The molecule has 5 heteroatoms. The Morgan fingerprint density at radius 1 is 1.40 bits per heavy atom. The Labute approximate surface area is 118 Å². The molecule has 0 aromatic carbocycles. The third-order valence-corrected chi connectivity index (χ3v) is 3.66. The molecule has 1 aliphatic rings. The van der Waals surface area contributed by atoms with E-state index >= 15 is 0 Å². The zero-order valence-corrected chi connectivity index (χ0v) is 11.9. The van der Waals surface area contributed by atoms with Gasteiger partial charge in [0.15, 0.2) is 0 Å². The van der Waals surface area contributed by atoms with Crippen LogP contribution >= 0.6 is 0 Å². The topological polar surface area (TPSA) is 65.6 Å². The molecule has 0 saturated heterocycles. The lowest BCUT2D eigenvalue weighted by atomic mass is 10.0. The molecule has 5 nitrogen and oxygen atoms in total. The van der Waals surface area contributed by atoms with Crippen molar-refractivity contribution in [3.05, 3.63) is 24.0 Å². The Morgan fingerprint density at radius 2 is 2.35 bits per heavy atom. The Balaban J connectivity index is 1.84. The lowest BCUT2D eigenvalue weighted by Crippen LogP contribution is -2.19. The Hall–Kier alpha value is -1.88. The maximum atomic E-state index is 4.54. The number of hydrogen-bond acceptors (Lipinski definition) is 4. The van der Waals surface area contributed by atoms with Gasteiger partial charge < -0.3 is 15.6 Å². The van der Waals surface area contributed by atoms with Gasteiger partial charge in [-0.2, -0.15) is 4.98 Å². The highest BCUT2D eigenvalue weighted by Gasteiger charge is 2.12. The molecule has 2 aromatic heterocycles. The molecule has 3 heterocycles. The number of anilines is 1. The number of fused-ring (bicyclic) bond motifs is 1. The van der Waals surface area contributed by atoms with Crippen molar-refractivity contribution in [3.8, 4) is 0 Å². The first kappa shape index (κ1) is 13.1. The predicted octanol–water partition coefficient (Wildman–Crippen LogP) is 2.55. The number of aromatic amines is 1. The maximum Gasteiger partial charge on any atom is 0.224 e. The summed E-state index contributed by atoms with van der Waals surface area (Å²) in [5.41, 5.74) is 3.53. The van der Waals surface area contributed by atoms with Gasteiger partial charge in [0.1, 0.15) is 5.65 Å². The Kier molecular flexibility index (Phi) is 3.97. The Morgan fingerprint density at radius 3 is 3.15 bits per heavy atom. The van der Waals surface area contributed by atoms with Crippen LogP contribution in [0.1, 0.15) is 31.7 Å². The number of H-pyrrole nitrogens is 1. The van der Waals surface area contributed by atoms with E-state index in [4.69, 9.17) is 0 Å². The highest BCUT2D eigenvalue weighted by atomic mass is 15.1. The van der Waals surface area contributed by atoms with E-state index in [1.807, 2.05) is 12.4 Å². The monoisotopic (exact) mass is 271 g/mol. The van der Waals surface area contributed by atoms with Crippen LogP contribution in [0.2, 0.25) is 0 Å². The van der Waals surface area contributed by atoms with Crippen LogP contribution in [0.3, 0.4) is 0 Å².